The van der Waals surface area contributed by atoms with E-state index in [2.05, 4.69) is 16.2 Å². The third-order valence-corrected chi connectivity index (χ3v) is 0.905. The SMILES string of the molecule is [CH]1CCCOOC1. The van der Waals surface area contributed by atoms with Crippen molar-refractivity contribution in [3.05, 3.63) is 6.42 Å². The van der Waals surface area contributed by atoms with Crippen LogP contribution in [0.5, 0.6) is 0 Å². The summed E-state index contributed by atoms with van der Waals surface area (Å²) in [5.41, 5.74) is 0. The second-order valence-corrected chi connectivity index (χ2v) is 1.54. The molecule has 0 aromatic rings. The monoisotopic (exact) mass is 101 g/mol. The van der Waals surface area contributed by atoms with Crippen molar-refractivity contribution in [3.8, 4) is 0 Å². The molecule has 0 atom stereocenters. The van der Waals surface area contributed by atoms with Crippen molar-refractivity contribution < 1.29 is 9.78 Å². The van der Waals surface area contributed by atoms with Gasteiger partial charge < -0.3 is 0 Å². The Morgan fingerprint density at radius 3 is 3.29 bits per heavy atom. The summed E-state index contributed by atoms with van der Waals surface area (Å²) in [5, 5.41) is 0. The molecule has 0 N–H and O–H groups in total. The highest BCUT2D eigenvalue weighted by Gasteiger charge is 1.96. The van der Waals surface area contributed by atoms with Crippen LogP contribution in [-0.4, -0.2) is 13.2 Å². The second-order valence-electron chi connectivity index (χ2n) is 1.54. The van der Waals surface area contributed by atoms with Crippen LogP contribution in [0.3, 0.4) is 0 Å². The van der Waals surface area contributed by atoms with Crippen molar-refractivity contribution >= 4 is 0 Å². The first kappa shape index (κ1) is 5.06. The molecular weight excluding hydrogens is 92.1 g/mol. The highest BCUT2D eigenvalue weighted by molar-refractivity contribution is 4.62. The van der Waals surface area contributed by atoms with Crippen LogP contribution in [-0.2, 0) is 9.78 Å². The number of rotatable bonds is 0. The van der Waals surface area contributed by atoms with Gasteiger partial charge in [-0.2, -0.15) is 0 Å². The minimum Gasteiger partial charge on any atom is -0.237 e. The molecular formula is C5H9O2. The Labute approximate surface area is 43.3 Å². The minimum atomic E-state index is 0.653. The lowest BCUT2D eigenvalue weighted by molar-refractivity contribution is -0.283. The highest BCUT2D eigenvalue weighted by atomic mass is 17.2. The first-order chi connectivity index (χ1) is 3.50. The predicted molar refractivity (Wildman–Crippen MR) is 25.4 cm³/mol. The molecule has 0 aliphatic carbocycles. The van der Waals surface area contributed by atoms with E-state index in [9.17, 15) is 0 Å². The Kier molecular flexibility index (Phi) is 2.17. The molecule has 41 valence electrons. The molecule has 2 nitrogen and oxygen atoms in total. The van der Waals surface area contributed by atoms with Gasteiger partial charge in [-0.15, -0.1) is 0 Å². The van der Waals surface area contributed by atoms with E-state index >= 15 is 0 Å². The summed E-state index contributed by atoms with van der Waals surface area (Å²) >= 11 is 0. The van der Waals surface area contributed by atoms with E-state index in [0.717, 1.165) is 19.4 Å². The molecule has 1 saturated heterocycles. The first-order valence-corrected chi connectivity index (χ1v) is 2.56. The Bertz CT molecular complexity index is 25.7. The molecule has 0 saturated carbocycles. The molecule has 7 heavy (non-hydrogen) atoms. The van der Waals surface area contributed by atoms with Crippen molar-refractivity contribution in [1.82, 2.24) is 0 Å². The average Bonchev–Trinajstić information content (AvgIpc) is 1.90. The number of hydrogen-bond donors (Lipinski definition) is 0. The standard InChI is InChI=1S/C5H9O2/c1-2-4-6-7-5-3-1/h2H,1,3-5H2. The van der Waals surface area contributed by atoms with E-state index in [1.165, 1.54) is 0 Å². The molecule has 1 aliphatic rings. The van der Waals surface area contributed by atoms with Gasteiger partial charge in [0.15, 0.2) is 0 Å². The predicted octanol–water partition coefficient (Wildman–Crippen LogP) is 0.933. The van der Waals surface area contributed by atoms with Gasteiger partial charge in [-0.25, -0.2) is 9.78 Å². The molecule has 1 heterocycles. The quantitative estimate of drug-likeness (QED) is 0.423. The largest absolute Gasteiger partial charge is 0.237 e. The van der Waals surface area contributed by atoms with Crippen LogP contribution in [0.1, 0.15) is 12.8 Å². The summed E-state index contributed by atoms with van der Waals surface area (Å²) < 4.78 is 0. The van der Waals surface area contributed by atoms with Crippen LogP contribution in [0.4, 0.5) is 0 Å². The lowest BCUT2D eigenvalue weighted by atomic mass is 10.3. The summed E-state index contributed by atoms with van der Waals surface area (Å²) in [6.07, 6.45) is 4.30. The van der Waals surface area contributed by atoms with Gasteiger partial charge >= 0.3 is 0 Å². The van der Waals surface area contributed by atoms with Crippen molar-refractivity contribution in [2.75, 3.05) is 13.2 Å². The van der Waals surface area contributed by atoms with Gasteiger partial charge in [0.1, 0.15) is 0 Å². The van der Waals surface area contributed by atoms with Gasteiger partial charge in [0.05, 0.1) is 13.2 Å². The van der Waals surface area contributed by atoms with E-state index in [1.807, 2.05) is 0 Å². The van der Waals surface area contributed by atoms with Crippen LogP contribution in [0.15, 0.2) is 0 Å². The van der Waals surface area contributed by atoms with Crippen molar-refractivity contribution in [2.45, 2.75) is 12.8 Å². The van der Waals surface area contributed by atoms with E-state index in [0.29, 0.717) is 6.61 Å². The summed E-state index contributed by atoms with van der Waals surface area (Å²) in [6, 6.07) is 0. The molecule has 0 amide bonds. The van der Waals surface area contributed by atoms with Crippen molar-refractivity contribution in [1.29, 1.82) is 0 Å². The Hall–Kier alpha value is -0.0800. The topological polar surface area (TPSA) is 18.5 Å². The van der Waals surface area contributed by atoms with Gasteiger partial charge in [-0.05, 0) is 19.3 Å². The zero-order valence-electron chi connectivity index (χ0n) is 4.22. The lowest BCUT2D eigenvalue weighted by Crippen LogP contribution is -1.90. The van der Waals surface area contributed by atoms with Crippen LogP contribution in [0, 0.1) is 6.42 Å². The Morgan fingerprint density at radius 2 is 2.29 bits per heavy atom. The molecule has 0 spiro atoms. The fourth-order valence-electron chi connectivity index (χ4n) is 0.525. The number of hydrogen-bond acceptors (Lipinski definition) is 2. The van der Waals surface area contributed by atoms with Gasteiger partial charge in [0.2, 0.25) is 0 Å². The molecule has 0 aromatic carbocycles. The second kappa shape index (κ2) is 2.99. The minimum absolute atomic E-state index is 0.653. The zero-order valence-corrected chi connectivity index (χ0v) is 4.22. The molecule has 0 unspecified atom stereocenters. The van der Waals surface area contributed by atoms with Crippen LogP contribution in [0.2, 0.25) is 0 Å². The lowest BCUT2D eigenvalue weighted by Gasteiger charge is -1.91. The van der Waals surface area contributed by atoms with E-state index < -0.39 is 0 Å². The summed E-state index contributed by atoms with van der Waals surface area (Å²) in [4.78, 5) is 9.30. The molecule has 1 fully saturated rings. The van der Waals surface area contributed by atoms with E-state index in [-0.39, 0.29) is 0 Å². The van der Waals surface area contributed by atoms with Crippen molar-refractivity contribution in [3.63, 3.8) is 0 Å². The first-order valence-electron chi connectivity index (χ1n) is 2.56. The van der Waals surface area contributed by atoms with E-state index in [4.69, 9.17) is 0 Å². The van der Waals surface area contributed by atoms with Gasteiger partial charge in [0.25, 0.3) is 0 Å². The molecule has 1 radical (unpaired) electrons. The fourth-order valence-corrected chi connectivity index (χ4v) is 0.525. The average molecular weight is 101 g/mol. The maximum atomic E-state index is 4.66. The highest BCUT2D eigenvalue weighted by Crippen LogP contribution is 2.00. The maximum Gasteiger partial charge on any atom is 0.0854 e. The maximum absolute atomic E-state index is 4.66. The normalized spacial score (nSPS) is 24.0. The summed E-state index contributed by atoms with van der Waals surface area (Å²) in [7, 11) is 0. The molecule has 1 rings (SSSR count). The van der Waals surface area contributed by atoms with Gasteiger partial charge in [0, 0.05) is 0 Å². The van der Waals surface area contributed by atoms with Crippen LogP contribution in [0.25, 0.3) is 0 Å². The third kappa shape index (κ3) is 1.90. The van der Waals surface area contributed by atoms with Crippen LogP contribution >= 0.6 is 0 Å². The third-order valence-electron chi connectivity index (χ3n) is 0.905. The molecule has 0 aromatic heterocycles. The van der Waals surface area contributed by atoms with Crippen LogP contribution < -0.4 is 0 Å². The fraction of sp³-hybridized carbons (Fsp3) is 0.800. The summed E-state index contributed by atoms with van der Waals surface area (Å²) in [5.74, 6) is 0. The van der Waals surface area contributed by atoms with Crippen molar-refractivity contribution in [2.24, 2.45) is 0 Å². The molecule has 2 heteroatoms. The summed E-state index contributed by atoms with van der Waals surface area (Å²) in [6.45, 7) is 1.40. The molecule has 1 aliphatic heterocycles. The Morgan fingerprint density at radius 1 is 1.29 bits per heavy atom. The Balaban J connectivity index is 2.04. The smallest absolute Gasteiger partial charge is 0.0854 e. The van der Waals surface area contributed by atoms with Gasteiger partial charge in [-0.1, -0.05) is 0 Å². The molecule has 0 bridgehead atoms. The van der Waals surface area contributed by atoms with E-state index in [1.54, 1.807) is 0 Å². The zero-order chi connectivity index (χ0) is 4.95. The van der Waals surface area contributed by atoms with Gasteiger partial charge in [-0.3, -0.25) is 0 Å².